The van der Waals surface area contributed by atoms with Crippen LogP contribution in [-0.2, 0) is 11.2 Å². The molecule has 1 rings (SSSR count). The van der Waals surface area contributed by atoms with E-state index >= 15 is 0 Å². The smallest absolute Gasteiger partial charge is 0.409 e. The third-order valence-corrected chi connectivity index (χ3v) is 2.76. The molecule has 0 aliphatic heterocycles. The van der Waals surface area contributed by atoms with E-state index in [-0.39, 0.29) is 6.09 Å². The Bertz CT molecular complexity index is 404. The number of amides is 1. The second-order valence-electron chi connectivity index (χ2n) is 4.17. The van der Waals surface area contributed by atoms with Gasteiger partial charge in [0.05, 0.1) is 13.7 Å². The zero-order valence-corrected chi connectivity index (χ0v) is 11.5. The number of methoxy groups -OCH3 is 1. The number of nitrogens with zero attached hydrogens (tertiary/aromatic N) is 1. The number of carbonyl (C=O) groups is 1. The molecule has 0 unspecified atom stereocenters. The Morgan fingerprint density at radius 2 is 2.11 bits per heavy atom. The van der Waals surface area contributed by atoms with Gasteiger partial charge in [-0.2, -0.15) is 0 Å². The minimum Gasteiger partial charge on any atom is -0.494 e. The van der Waals surface area contributed by atoms with Gasteiger partial charge in [0.15, 0.2) is 0 Å². The topological polar surface area (TPSA) is 38.8 Å². The summed E-state index contributed by atoms with van der Waals surface area (Å²) >= 11 is 0. The van der Waals surface area contributed by atoms with Crippen LogP contribution in [0.15, 0.2) is 18.2 Å². The maximum atomic E-state index is 11.2. The average molecular weight is 251 g/mol. The van der Waals surface area contributed by atoms with E-state index in [9.17, 15) is 4.79 Å². The molecule has 1 aromatic rings. The summed E-state index contributed by atoms with van der Waals surface area (Å²) in [4.78, 5) is 12.8. The van der Waals surface area contributed by atoms with Crippen LogP contribution in [0, 0.1) is 6.92 Å². The molecule has 100 valence electrons. The van der Waals surface area contributed by atoms with E-state index in [0.29, 0.717) is 13.2 Å². The van der Waals surface area contributed by atoms with E-state index < -0.39 is 0 Å². The molecule has 1 amide bonds. The molecule has 0 spiro atoms. The molecule has 0 radical (unpaired) electrons. The van der Waals surface area contributed by atoms with Gasteiger partial charge in [-0.05, 0) is 37.5 Å². The first kappa shape index (κ1) is 14.4. The summed E-state index contributed by atoms with van der Waals surface area (Å²) in [5.41, 5.74) is 2.31. The summed E-state index contributed by atoms with van der Waals surface area (Å²) in [5.74, 6) is 0.919. The zero-order chi connectivity index (χ0) is 13.5. The van der Waals surface area contributed by atoms with Gasteiger partial charge >= 0.3 is 6.09 Å². The Balaban J connectivity index is 2.58. The minimum absolute atomic E-state index is 0.308. The van der Waals surface area contributed by atoms with Crippen LogP contribution in [0.3, 0.4) is 0 Å². The fraction of sp³-hybridized carbons (Fsp3) is 0.500. The largest absolute Gasteiger partial charge is 0.494 e. The molecule has 18 heavy (non-hydrogen) atoms. The van der Waals surface area contributed by atoms with E-state index in [0.717, 1.165) is 17.7 Å². The van der Waals surface area contributed by atoms with Crippen molar-refractivity contribution in [1.29, 1.82) is 0 Å². The Hall–Kier alpha value is -1.71. The number of hydrogen-bond acceptors (Lipinski definition) is 3. The van der Waals surface area contributed by atoms with Crippen LogP contribution >= 0.6 is 0 Å². The molecule has 0 aliphatic rings. The van der Waals surface area contributed by atoms with Crippen molar-refractivity contribution in [1.82, 2.24) is 4.90 Å². The van der Waals surface area contributed by atoms with Crippen molar-refractivity contribution in [3.63, 3.8) is 0 Å². The molecule has 0 fully saturated rings. The molecule has 1 aromatic carbocycles. The maximum Gasteiger partial charge on any atom is 0.409 e. The van der Waals surface area contributed by atoms with E-state index in [4.69, 9.17) is 4.74 Å². The summed E-state index contributed by atoms with van der Waals surface area (Å²) in [7, 11) is 3.12. The van der Waals surface area contributed by atoms with Crippen molar-refractivity contribution in [2.75, 3.05) is 27.3 Å². The molecule has 4 nitrogen and oxygen atoms in total. The number of benzene rings is 1. The van der Waals surface area contributed by atoms with Gasteiger partial charge in [-0.15, -0.1) is 0 Å². The van der Waals surface area contributed by atoms with Crippen molar-refractivity contribution in [3.8, 4) is 5.75 Å². The molecule has 0 saturated carbocycles. The van der Waals surface area contributed by atoms with Crippen LogP contribution in [0.4, 0.5) is 4.79 Å². The lowest BCUT2D eigenvalue weighted by Crippen LogP contribution is -2.28. The zero-order valence-electron chi connectivity index (χ0n) is 11.5. The van der Waals surface area contributed by atoms with Crippen LogP contribution in [0.5, 0.6) is 5.75 Å². The third kappa shape index (κ3) is 3.95. The van der Waals surface area contributed by atoms with Gasteiger partial charge in [-0.1, -0.05) is 12.1 Å². The summed E-state index contributed by atoms with van der Waals surface area (Å²) in [6, 6.07) is 6.10. The molecular formula is C14H21NO3. The average Bonchev–Trinajstić information content (AvgIpc) is 2.38. The monoisotopic (exact) mass is 251 g/mol. The highest BCUT2D eigenvalue weighted by Gasteiger charge is 2.08. The molecule has 0 saturated heterocycles. The summed E-state index contributed by atoms with van der Waals surface area (Å²) in [5, 5.41) is 0. The Labute approximate surface area is 108 Å². The van der Waals surface area contributed by atoms with Crippen molar-refractivity contribution >= 4 is 6.09 Å². The van der Waals surface area contributed by atoms with Crippen molar-refractivity contribution in [3.05, 3.63) is 29.3 Å². The number of likely N-dealkylation sites (N-methyl/N-ethyl adjacent to an activating group) is 1. The number of hydrogen-bond donors (Lipinski definition) is 0. The predicted molar refractivity (Wildman–Crippen MR) is 71.1 cm³/mol. The quantitative estimate of drug-likeness (QED) is 0.807. The fourth-order valence-corrected chi connectivity index (χ4v) is 1.73. The van der Waals surface area contributed by atoms with Gasteiger partial charge < -0.3 is 14.4 Å². The highest BCUT2D eigenvalue weighted by Crippen LogP contribution is 2.19. The van der Waals surface area contributed by atoms with Gasteiger partial charge in [-0.25, -0.2) is 4.79 Å². The van der Waals surface area contributed by atoms with E-state index in [2.05, 4.69) is 10.8 Å². The Kier molecular flexibility index (Phi) is 5.49. The first-order chi connectivity index (χ1) is 8.58. The highest BCUT2D eigenvalue weighted by atomic mass is 16.5. The lowest BCUT2D eigenvalue weighted by Gasteiger charge is -2.15. The first-order valence-corrected chi connectivity index (χ1v) is 6.10. The predicted octanol–water partition coefficient (Wildman–Crippen LogP) is 2.63. The van der Waals surface area contributed by atoms with Crippen molar-refractivity contribution < 1.29 is 14.3 Å². The summed E-state index contributed by atoms with van der Waals surface area (Å²) in [6.45, 7) is 5.31. The molecule has 0 N–H and O–H groups in total. The molecule has 0 aromatic heterocycles. The van der Waals surface area contributed by atoms with Gasteiger partial charge in [0.2, 0.25) is 0 Å². The lowest BCUT2D eigenvalue weighted by molar-refractivity contribution is 0.134. The lowest BCUT2D eigenvalue weighted by atomic mass is 10.1. The van der Waals surface area contributed by atoms with Crippen LogP contribution in [0.25, 0.3) is 0 Å². The van der Waals surface area contributed by atoms with Crippen molar-refractivity contribution in [2.24, 2.45) is 0 Å². The standard InChI is InChI=1S/C14H21NO3/c1-5-18-13-7-6-12(10-11(13)2)8-9-15(3)14(16)17-4/h6-7,10H,5,8-9H2,1-4H3. The molecule has 0 atom stereocenters. The molecule has 4 heteroatoms. The van der Waals surface area contributed by atoms with E-state index in [1.54, 1.807) is 11.9 Å². The van der Waals surface area contributed by atoms with Gasteiger partial charge in [0, 0.05) is 13.6 Å². The van der Waals surface area contributed by atoms with E-state index in [1.807, 2.05) is 26.0 Å². The second-order valence-corrected chi connectivity index (χ2v) is 4.17. The molecule has 0 aliphatic carbocycles. The number of rotatable bonds is 5. The number of carbonyl (C=O) groups excluding carboxylic acids is 1. The first-order valence-electron chi connectivity index (χ1n) is 6.10. The molecule has 0 heterocycles. The third-order valence-electron chi connectivity index (χ3n) is 2.76. The van der Waals surface area contributed by atoms with Crippen LogP contribution in [0.2, 0.25) is 0 Å². The maximum absolute atomic E-state index is 11.2. The SMILES string of the molecule is CCOc1ccc(CCN(C)C(=O)OC)cc1C. The van der Waals surface area contributed by atoms with Crippen LogP contribution < -0.4 is 4.74 Å². The molecular weight excluding hydrogens is 230 g/mol. The van der Waals surface area contributed by atoms with Crippen molar-refractivity contribution in [2.45, 2.75) is 20.3 Å². The van der Waals surface area contributed by atoms with Gasteiger partial charge in [-0.3, -0.25) is 0 Å². The van der Waals surface area contributed by atoms with Gasteiger partial charge in [0.1, 0.15) is 5.75 Å². The fourth-order valence-electron chi connectivity index (χ4n) is 1.73. The minimum atomic E-state index is -0.308. The molecule has 0 bridgehead atoms. The van der Waals surface area contributed by atoms with E-state index in [1.165, 1.54) is 12.7 Å². The number of ether oxygens (including phenoxy) is 2. The Morgan fingerprint density at radius 3 is 2.67 bits per heavy atom. The summed E-state index contributed by atoms with van der Waals surface area (Å²) in [6.07, 6.45) is 0.497. The highest BCUT2D eigenvalue weighted by molar-refractivity contribution is 5.66. The van der Waals surface area contributed by atoms with Crippen LogP contribution in [0.1, 0.15) is 18.1 Å². The van der Waals surface area contributed by atoms with Gasteiger partial charge in [0.25, 0.3) is 0 Å². The van der Waals surface area contributed by atoms with Crippen LogP contribution in [-0.4, -0.2) is 38.3 Å². The normalized spacial score (nSPS) is 10.0. The summed E-state index contributed by atoms with van der Waals surface area (Å²) < 4.78 is 10.1. The number of aryl methyl sites for hydroxylation is 1. The second kappa shape index (κ2) is 6.89. The Morgan fingerprint density at radius 1 is 1.39 bits per heavy atom.